The first-order valence-corrected chi connectivity index (χ1v) is 9.83. The third-order valence-corrected chi connectivity index (χ3v) is 4.79. The van der Waals surface area contributed by atoms with Crippen LogP contribution in [0.25, 0.3) is 5.95 Å². The Labute approximate surface area is 174 Å². The number of alkyl halides is 3. The second kappa shape index (κ2) is 8.69. The summed E-state index contributed by atoms with van der Waals surface area (Å²) in [4.78, 5) is 25.3. The lowest BCUT2D eigenvalue weighted by atomic mass is 10.1. The van der Waals surface area contributed by atoms with E-state index in [1.807, 2.05) is 6.92 Å². The quantitative estimate of drug-likeness (QED) is 0.569. The van der Waals surface area contributed by atoms with Gasteiger partial charge in [-0.3, -0.25) is 4.79 Å². The van der Waals surface area contributed by atoms with Crippen LogP contribution in [0, 0.1) is 0 Å². The molecule has 0 aliphatic rings. The highest BCUT2D eigenvalue weighted by atomic mass is 32.2. The zero-order valence-electron chi connectivity index (χ0n) is 16.0. The Bertz CT molecular complexity index is 1040. The molecule has 0 spiro atoms. The standard InChI is InChI=1S/C18H18F3N7OS/c1-3-30-13-8-11(7-12(9-13)18(19,20)21)15(29)25-10(2)14-26-16(22)27-28(14)17-23-5-4-6-24-17/h4-10H,3H2,1-2H3,(H2,22,27)(H,25,29)/t10-/m0/s1. The average Bonchev–Trinajstić information content (AvgIpc) is 3.10. The van der Waals surface area contributed by atoms with Gasteiger partial charge in [-0.2, -0.15) is 22.8 Å². The Kier molecular flexibility index (Phi) is 6.25. The third-order valence-electron chi connectivity index (χ3n) is 3.93. The van der Waals surface area contributed by atoms with E-state index >= 15 is 0 Å². The summed E-state index contributed by atoms with van der Waals surface area (Å²) in [6.07, 6.45) is -1.56. The molecule has 12 heteroatoms. The number of carbonyl (C=O) groups is 1. The number of hydrogen-bond acceptors (Lipinski definition) is 7. The number of rotatable bonds is 6. The molecule has 0 saturated carbocycles. The lowest BCUT2D eigenvalue weighted by Crippen LogP contribution is -2.29. The number of nitrogens with two attached hydrogens (primary N) is 1. The lowest BCUT2D eigenvalue weighted by molar-refractivity contribution is -0.137. The van der Waals surface area contributed by atoms with E-state index in [0.717, 1.165) is 12.1 Å². The van der Waals surface area contributed by atoms with Gasteiger partial charge in [-0.25, -0.2) is 9.97 Å². The van der Waals surface area contributed by atoms with Crippen LogP contribution >= 0.6 is 11.8 Å². The molecule has 2 heterocycles. The lowest BCUT2D eigenvalue weighted by Gasteiger charge is -2.15. The summed E-state index contributed by atoms with van der Waals surface area (Å²) < 4.78 is 41.0. The zero-order chi connectivity index (χ0) is 21.9. The van der Waals surface area contributed by atoms with Gasteiger partial charge in [-0.1, -0.05) is 6.92 Å². The Balaban J connectivity index is 1.89. The third kappa shape index (κ3) is 4.87. The average molecular weight is 437 g/mol. The number of anilines is 1. The van der Waals surface area contributed by atoms with E-state index < -0.39 is 23.7 Å². The Morgan fingerprint density at radius 1 is 1.27 bits per heavy atom. The first-order valence-electron chi connectivity index (χ1n) is 8.84. The number of hydrogen-bond donors (Lipinski definition) is 2. The smallest absolute Gasteiger partial charge is 0.366 e. The molecule has 0 aliphatic heterocycles. The maximum Gasteiger partial charge on any atom is 0.416 e. The molecule has 0 unspecified atom stereocenters. The largest absolute Gasteiger partial charge is 0.416 e. The van der Waals surface area contributed by atoms with Crippen molar-refractivity contribution in [3.63, 3.8) is 0 Å². The van der Waals surface area contributed by atoms with Crippen molar-refractivity contribution in [3.05, 3.63) is 53.6 Å². The van der Waals surface area contributed by atoms with Crippen LogP contribution in [-0.2, 0) is 6.18 Å². The van der Waals surface area contributed by atoms with E-state index in [9.17, 15) is 18.0 Å². The summed E-state index contributed by atoms with van der Waals surface area (Å²) in [5, 5.41) is 6.66. The minimum atomic E-state index is -4.57. The van der Waals surface area contributed by atoms with Crippen LogP contribution in [-0.4, -0.2) is 36.4 Å². The minimum Gasteiger partial charge on any atom is -0.366 e. The van der Waals surface area contributed by atoms with Gasteiger partial charge in [-0.15, -0.1) is 16.9 Å². The van der Waals surface area contributed by atoms with Crippen LogP contribution in [0.4, 0.5) is 19.1 Å². The van der Waals surface area contributed by atoms with Crippen molar-refractivity contribution in [2.75, 3.05) is 11.5 Å². The number of amides is 1. The Morgan fingerprint density at radius 2 is 1.97 bits per heavy atom. The maximum atomic E-state index is 13.2. The monoisotopic (exact) mass is 437 g/mol. The highest BCUT2D eigenvalue weighted by molar-refractivity contribution is 7.99. The molecule has 158 valence electrons. The molecule has 0 bridgehead atoms. The molecular formula is C18H18F3N7OS. The molecule has 0 saturated heterocycles. The normalized spacial score (nSPS) is 12.6. The summed E-state index contributed by atoms with van der Waals surface area (Å²) in [6.45, 7) is 3.42. The summed E-state index contributed by atoms with van der Waals surface area (Å²) in [5.74, 6) is 0.256. The summed E-state index contributed by atoms with van der Waals surface area (Å²) in [7, 11) is 0. The van der Waals surface area contributed by atoms with Crippen LogP contribution < -0.4 is 11.1 Å². The fourth-order valence-corrected chi connectivity index (χ4v) is 3.41. The molecule has 3 N–H and O–H groups in total. The van der Waals surface area contributed by atoms with Gasteiger partial charge in [-0.05, 0) is 36.9 Å². The molecule has 3 rings (SSSR count). The van der Waals surface area contributed by atoms with E-state index in [2.05, 4.69) is 25.4 Å². The van der Waals surface area contributed by atoms with Crippen molar-refractivity contribution in [3.8, 4) is 5.95 Å². The number of nitrogen functional groups attached to an aromatic ring is 1. The molecule has 1 amide bonds. The van der Waals surface area contributed by atoms with Crippen molar-refractivity contribution in [2.45, 2.75) is 31.0 Å². The number of benzene rings is 1. The van der Waals surface area contributed by atoms with E-state index in [4.69, 9.17) is 5.73 Å². The minimum absolute atomic E-state index is 0.0562. The fourth-order valence-electron chi connectivity index (χ4n) is 2.66. The maximum absolute atomic E-state index is 13.2. The number of carbonyl (C=O) groups excluding carboxylic acids is 1. The predicted octanol–water partition coefficient (Wildman–Crippen LogP) is 3.26. The number of thioether (sulfide) groups is 1. The summed E-state index contributed by atoms with van der Waals surface area (Å²) >= 11 is 1.22. The number of aromatic nitrogens is 5. The van der Waals surface area contributed by atoms with Crippen LogP contribution in [0.5, 0.6) is 0 Å². The SMILES string of the molecule is CCSc1cc(C(=O)N[C@@H](C)c2nc(N)nn2-c2ncccn2)cc(C(F)(F)F)c1. The van der Waals surface area contributed by atoms with Gasteiger partial charge >= 0.3 is 6.18 Å². The molecule has 1 atom stereocenters. The highest BCUT2D eigenvalue weighted by Gasteiger charge is 2.32. The fraction of sp³-hybridized carbons (Fsp3) is 0.278. The van der Waals surface area contributed by atoms with E-state index in [-0.39, 0.29) is 23.3 Å². The van der Waals surface area contributed by atoms with Crippen molar-refractivity contribution >= 4 is 23.6 Å². The molecule has 8 nitrogen and oxygen atoms in total. The van der Waals surface area contributed by atoms with Crippen LogP contribution in [0.3, 0.4) is 0 Å². The molecule has 1 aromatic carbocycles. The van der Waals surface area contributed by atoms with Gasteiger partial charge in [0.05, 0.1) is 11.6 Å². The summed E-state index contributed by atoms with van der Waals surface area (Å²) in [6, 6.07) is 4.15. The van der Waals surface area contributed by atoms with Crippen molar-refractivity contribution in [2.24, 2.45) is 0 Å². The first-order chi connectivity index (χ1) is 14.2. The van der Waals surface area contributed by atoms with Crippen molar-refractivity contribution in [1.82, 2.24) is 30.0 Å². The van der Waals surface area contributed by atoms with Crippen molar-refractivity contribution in [1.29, 1.82) is 0 Å². The number of nitrogens with zero attached hydrogens (tertiary/aromatic N) is 5. The van der Waals surface area contributed by atoms with E-state index in [1.165, 1.54) is 34.9 Å². The number of nitrogens with one attached hydrogen (secondary N) is 1. The molecule has 0 fully saturated rings. The van der Waals surface area contributed by atoms with Crippen LogP contribution in [0.2, 0.25) is 0 Å². The molecule has 2 aromatic heterocycles. The van der Waals surface area contributed by atoms with Crippen molar-refractivity contribution < 1.29 is 18.0 Å². The van der Waals surface area contributed by atoms with Crippen LogP contribution in [0.15, 0.2) is 41.6 Å². The first kappa shape index (κ1) is 21.6. The Hall–Kier alpha value is -3.15. The van der Waals surface area contributed by atoms with Gasteiger partial charge < -0.3 is 11.1 Å². The van der Waals surface area contributed by atoms with Gasteiger partial charge in [0.1, 0.15) is 0 Å². The molecule has 3 aromatic rings. The van der Waals surface area contributed by atoms with E-state index in [0.29, 0.717) is 10.6 Å². The van der Waals surface area contributed by atoms with Gasteiger partial charge in [0, 0.05) is 22.9 Å². The predicted molar refractivity (Wildman–Crippen MR) is 105 cm³/mol. The second-order valence-corrected chi connectivity index (χ2v) is 7.50. The van der Waals surface area contributed by atoms with Gasteiger partial charge in [0.15, 0.2) is 5.82 Å². The van der Waals surface area contributed by atoms with Crippen LogP contribution in [0.1, 0.15) is 41.6 Å². The topological polar surface area (TPSA) is 112 Å². The summed E-state index contributed by atoms with van der Waals surface area (Å²) in [5.41, 5.74) is 4.68. The highest BCUT2D eigenvalue weighted by Crippen LogP contribution is 2.33. The number of halogens is 3. The zero-order valence-corrected chi connectivity index (χ0v) is 16.8. The molecule has 0 aliphatic carbocycles. The van der Waals surface area contributed by atoms with Gasteiger partial charge in [0.25, 0.3) is 11.9 Å². The molecular weight excluding hydrogens is 419 g/mol. The molecule has 0 radical (unpaired) electrons. The Morgan fingerprint density at radius 3 is 2.60 bits per heavy atom. The molecule has 30 heavy (non-hydrogen) atoms. The van der Waals surface area contributed by atoms with Gasteiger partial charge in [0.2, 0.25) is 5.95 Å². The van der Waals surface area contributed by atoms with E-state index in [1.54, 1.807) is 13.0 Å². The second-order valence-electron chi connectivity index (χ2n) is 6.16.